The van der Waals surface area contributed by atoms with Gasteiger partial charge in [0, 0.05) is 12.1 Å². The van der Waals surface area contributed by atoms with Crippen molar-refractivity contribution in [1.29, 1.82) is 0 Å². The van der Waals surface area contributed by atoms with Gasteiger partial charge in [0.1, 0.15) is 5.82 Å². The molecule has 1 fully saturated rings. The second kappa shape index (κ2) is 8.86. The summed E-state index contributed by atoms with van der Waals surface area (Å²) >= 11 is 6.15. The molecule has 1 aliphatic rings. The predicted octanol–water partition coefficient (Wildman–Crippen LogP) is 3.88. The van der Waals surface area contributed by atoms with E-state index in [1.807, 2.05) is 0 Å². The third-order valence-corrected chi connectivity index (χ3v) is 5.16. The van der Waals surface area contributed by atoms with Gasteiger partial charge in [-0.15, -0.1) is 0 Å². The van der Waals surface area contributed by atoms with E-state index < -0.39 is 5.91 Å². The van der Waals surface area contributed by atoms with Gasteiger partial charge in [-0.25, -0.2) is 4.98 Å². The van der Waals surface area contributed by atoms with E-state index in [0.717, 1.165) is 6.42 Å². The molecule has 1 aliphatic carbocycles. The summed E-state index contributed by atoms with van der Waals surface area (Å²) in [6.45, 7) is 0.644. The van der Waals surface area contributed by atoms with Crippen molar-refractivity contribution in [2.45, 2.75) is 32.1 Å². The number of nitrogens with zero attached hydrogens (tertiary/aromatic N) is 1. The number of pyridine rings is 1. The number of hydrogen-bond acceptors (Lipinski definition) is 4. The number of nitrogens with one attached hydrogen (secondary N) is 2. The standard InChI is InChI=1S/C20H23ClN4O2/c21-17-7-5-14(19(26)23-10-9-13-3-1-2-4-13)11-16(17)20(27)25-15-6-8-18(22)24-12-15/h5-8,11-13H,1-4,9-10H2,(H2,22,24)(H,23,26)(H,25,27). The van der Waals surface area contributed by atoms with E-state index in [1.165, 1.54) is 37.9 Å². The Morgan fingerprint density at radius 1 is 1.15 bits per heavy atom. The van der Waals surface area contributed by atoms with Crippen LogP contribution in [-0.2, 0) is 0 Å². The minimum atomic E-state index is -0.410. The molecule has 0 aliphatic heterocycles. The monoisotopic (exact) mass is 386 g/mol. The lowest BCUT2D eigenvalue weighted by atomic mass is 10.0. The van der Waals surface area contributed by atoms with Crippen molar-refractivity contribution in [1.82, 2.24) is 10.3 Å². The van der Waals surface area contributed by atoms with Crippen LogP contribution in [0.2, 0.25) is 5.02 Å². The van der Waals surface area contributed by atoms with Gasteiger partial charge >= 0.3 is 0 Å². The number of aromatic nitrogens is 1. The van der Waals surface area contributed by atoms with Gasteiger partial charge in [0.05, 0.1) is 22.5 Å². The average Bonchev–Trinajstić information content (AvgIpc) is 3.17. The molecular weight excluding hydrogens is 364 g/mol. The molecule has 3 rings (SSSR count). The summed E-state index contributed by atoms with van der Waals surface area (Å²) in [7, 11) is 0. The highest BCUT2D eigenvalue weighted by atomic mass is 35.5. The maximum Gasteiger partial charge on any atom is 0.257 e. The largest absolute Gasteiger partial charge is 0.384 e. The van der Waals surface area contributed by atoms with Crippen molar-refractivity contribution >= 4 is 34.9 Å². The molecule has 1 saturated carbocycles. The number of anilines is 2. The number of amides is 2. The highest BCUT2D eigenvalue weighted by Crippen LogP contribution is 2.27. The number of rotatable bonds is 6. The lowest BCUT2D eigenvalue weighted by molar-refractivity contribution is 0.0951. The van der Waals surface area contributed by atoms with Gasteiger partial charge in [-0.05, 0) is 42.7 Å². The van der Waals surface area contributed by atoms with Crippen LogP contribution in [0, 0.1) is 5.92 Å². The number of nitrogens with two attached hydrogens (primary N) is 1. The second-order valence-electron chi connectivity index (χ2n) is 6.82. The Kier molecular flexibility index (Phi) is 6.29. The maximum atomic E-state index is 12.5. The third-order valence-electron chi connectivity index (χ3n) is 4.83. The van der Waals surface area contributed by atoms with Crippen LogP contribution in [0.4, 0.5) is 11.5 Å². The fourth-order valence-corrected chi connectivity index (χ4v) is 3.51. The molecule has 1 aromatic carbocycles. The Bertz CT molecular complexity index is 817. The molecule has 0 saturated heterocycles. The number of benzene rings is 1. The van der Waals surface area contributed by atoms with E-state index in [-0.39, 0.29) is 16.5 Å². The van der Waals surface area contributed by atoms with Crippen molar-refractivity contribution in [2.24, 2.45) is 5.92 Å². The van der Waals surface area contributed by atoms with Gasteiger partial charge in [0.15, 0.2) is 0 Å². The Hall–Kier alpha value is -2.60. The van der Waals surface area contributed by atoms with Crippen molar-refractivity contribution in [3.8, 4) is 0 Å². The molecule has 0 radical (unpaired) electrons. The minimum Gasteiger partial charge on any atom is -0.384 e. The van der Waals surface area contributed by atoms with E-state index in [0.29, 0.717) is 29.5 Å². The molecule has 7 heteroatoms. The van der Waals surface area contributed by atoms with Crippen LogP contribution < -0.4 is 16.4 Å². The van der Waals surface area contributed by atoms with E-state index in [2.05, 4.69) is 15.6 Å². The van der Waals surface area contributed by atoms with Gasteiger partial charge in [-0.1, -0.05) is 37.3 Å². The first-order chi connectivity index (χ1) is 13.0. The molecule has 0 unspecified atom stereocenters. The van der Waals surface area contributed by atoms with Gasteiger partial charge in [-0.3, -0.25) is 9.59 Å². The van der Waals surface area contributed by atoms with Crippen molar-refractivity contribution in [2.75, 3.05) is 17.6 Å². The zero-order chi connectivity index (χ0) is 19.2. The molecule has 4 N–H and O–H groups in total. The maximum absolute atomic E-state index is 12.5. The van der Waals surface area contributed by atoms with Crippen molar-refractivity contribution in [3.63, 3.8) is 0 Å². The molecule has 27 heavy (non-hydrogen) atoms. The summed E-state index contributed by atoms with van der Waals surface area (Å²) in [6, 6.07) is 7.92. The Balaban J connectivity index is 1.62. The van der Waals surface area contributed by atoms with Gasteiger partial charge in [0.2, 0.25) is 0 Å². The molecule has 0 atom stereocenters. The first-order valence-corrected chi connectivity index (χ1v) is 9.51. The minimum absolute atomic E-state index is 0.201. The second-order valence-corrected chi connectivity index (χ2v) is 7.22. The van der Waals surface area contributed by atoms with Crippen LogP contribution in [0.3, 0.4) is 0 Å². The summed E-state index contributed by atoms with van der Waals surface area (Å²) in [4.78, 5) is 28.8. The van der Waals surface area contributed by atoms with Crippen molar-refractivity contribution < 1.29 is 9.59 Å². The SMILES string of the molecule is Nc1ccc(NC(=O)c2cc(C(=O)NCCC3CCCC3)ccc2Cl)cn1. The Labute approximate surface area is 163 Å². The fourth-order valence-electron chi connectivity index (χ4n) is 3.31. The highest BCUT2D eigenvalue weighted by molar-refractivity contribution is 6.34. The molecule has 0 spiro atoms. The lowest BCUT2D eigenvalue weighted by Gasteiger charge is -2.11. The number of nitrogen functional groups attached to an aromatic ring is 1. The van der Waals surface area contributed by atoms with E-state index in [4.69, 9.17) is 17.3 Å². The van der Waals surface area contributed by atoms with E-state index in [9.17, 15) is 9.59 Å². The van der Waals surface area contributed by atoms with Crippen molar-refractivity contribution in [3.05, 3.63) is 52.7 Å². The van der Waals surface area contributed by atoms with E-state index >= 15 is 0 Å². The zero-order valence-corrected chi connectivity index (χ0v) is 15.8. The first kappa shape index (κ1) is 19.2. The number of carbonyl (C=O) groups excluding carboxylic acids is 2. The summed E-state index contributed by atoms with van der Waals surface area (Å²) in [5.74, 6) is 0.465. The van der Waals surface area contributed by atoms with Crippen LogP contribution in [0.1, 0.15) is 52.8 Å². The predicted molar refractivity (Wildman–Crippen MR) is 107 cm³/mol. The number of halogens is 1. The highest BCUT2D eigenvalue weighted by Gasteiger charge is 2.17. The summed E-state index contributed by atoms with van der Waals surface area (Å²) in [5, 5.41) is 5.91. The molecule has 1 heterocycles. The molecule has 2 amide bonds. The van der Waals surface area contributed by atoms with Crippen LogP contribution in [0.15, 0.2) is 36.5 Å². The van der Waals surface area contributed by atoms with Gasteiger partial charge in [-0.2, -0.15) is 0 Å². The van der Waals surface area contributed by atoms with E-state index in [1.54, 1.807) is 24.3 Å². The summed E-state index contributed by atoms with van der Waals surface area (Å²) in [6.07, 6.45) is 7.54. The summed E-state index contributed by atoms with van der Waals surface area (Å²) < 4.78 is 0. The van der Waals surface area contributed by atoms with Crippen LogP contribution in [0.5, 0.6) is 0 Å². The topological polar surface area (TPSA) is 97.1 Å². The molecule has 142 valence electrons. The van der Waals surface area contributed by atoms with Crippen LogP contribution >= 0.6 is 11.6 Å². The molecule has 1 aromatic heterocycles. The lowest BCUT2D eigenvalue weighted by Crippen LogP contribution is -2.26. The number of hydrogen-bond donors (Lipinski definition) is 3. The average molecular weight is 387 g/mol. The normalized spacial score (nSPS) is 14.1. The summed E-state index contributed by atoms with van der Waals surface area (Å²) in [5.41, 5.74) is 6.68. The Morgan fingerprint density at radius 3 is 2.63 bits per heavy atom. The molecular formula is C20H23ClN4O2. The smallest absolute Gasteiger partial charge is 0.257 e. The number of carbonyl (C=O) groups is 2. The van der Waals surface area contributed by atoms with Crippen LogP contribution in [0.25, 0.3) is 0 Å². The van der Waals surface area contributed by atoms with Crippen LogP contribution in [-0.4, -0.2) is 23.3 Å². The molecule has 6 nitrogen and oxygen atoms in total. The Morgan fingerprint density at radius 2 is 1.93 bits per heavy atom. The third kappa shape index (κ3) is 5.20. The van der Waals surface area contributed by atoms with Gasteiger partial charge in [0.25, 0.3) is 11.8 Å². The zero-order valence-electron chi connectivity index (χ0n) is 15.0. The first-order valence-electron chi connectivity index (χ1n) is 9.13. The fraction of sp³-hybridized carbons (Fsp3) is 0.350. The van der Waals surface area contributed by atoms with Gasteiger partial charge < -0.3 is 16.4 Å². The molecule has 2 aromatic rings. The molecule has 0 bridgehead atoms. The quantitative estimate of drug-likeness (QED) is 0.701.